The van der Waals surface area contributed by atoms with Crippen LogP contribution in [0.1, 0.15) is 33.3 Å². The summed E-state index contributed by atoms with van der Waals surface area (Å²) in [4.78, 5) is 2.62. The van der Waals surface area contributed by atoms with E-state index < -0.39 is 0 Å². The lowest BCUT2D eigenvalue weighted by molar-refractivity contribution is -0.0205. The normalized spacial score (nSPS) is 23.5. The van der Waals surface area contributed by atoms with Crippen LogP contribution in [0, 0.1) is 0 Å². The molecule has 1 saturated heterocycles. The van der Waals surface area contributed by atoms with E-state index in [0.717, 1.165) is 19.6 Å². The highest BCUT2D eigenvalue weighted by Crippen LogP contribution is 2.30. The summed E-state index contributed by atoms with van der Waals surface area (Å²) in [6, 6.07) is 10.8. The number of hydrogen-bond donors (Lipinski definition) is 1. The molecule has 1 aliphatic rings. The van der Waals surface area contributed by atoms with E-state index in [4.69, 9.17) is 0 Å². The Balaban J connectivity index is 2.21. The first-order valence-electron chi connectivity index (χ1n) is 6.44. The van der Waals surface area contributed by atoms with Crippen LogP contribution in [0.2, 0.25) is 0 Å². The highest BCUT2D eigenvalue weighted by atomic mass is 15.3. The van der Waals surface area contributed by atoms with E-state index >= 15 is 0 Å². The van der Waals surface area contributed by atoms with E-state index in [1.165, 1.54) is 5.56 Å². The monoisotopic (exact) mass is 232 g/mol. The average Bonchev–Trinajstić information content (AvgIpc) is 2.25. The predicted octanol–water partition coefficient (Wildman–Crippen LogP) is 2.65. The van der Waals surface area contributed by atoms with Crippen molar-refractivity contribution >= 4 is 0 Å². The smallest absolute Gasteiger partial charge is 0.0287 e. The Morgan fingerprint density at radius 2 is 1.53 bits per heavy atom. The summed E-state index contributed by atoms with van der Waals surface area (Å²) in [6.07, 6.45) is 0. The first-order valence-corrected chi connectivity index (χ1v) is 6.44. The van der Waals surface area contributed by atoms with Crippen LogP contribution in [0.15, 0.2) is 30.3 Å². The molecule has 17 heavy (non-hydrogen) atoms. The van der Waals surface area contributed by atoms with Gasteiger partial charge >= 0.3 is 0 Å². The Hall–Kier alpha value is -0.860. The number of hydrogen-bond acceptors (Lipinski definition) is 2. The number of benzene rings is 1. The fourth-order valence-corrected chi connectivity index (χ4v) is 2.88. The van der Waals surface area contributed by atoms with Crippen LogP contribution < -0.4 is 5.32 Å². The van der Waals surface area contributed by atoms with Gasteiger partial charge in [0, 0.05) is 30.7 Å². The Morgan fingerprint density at radius 3 is 2.06 bits per heavy atom. The lowest BCUT2D eigenvalue weighted by atomic mass is 9.88. The second kappa shape index (κ2) is 4.43. The second-order valence-electron chi connectivity index (χ2n) is 6.30. The summed E-state index contributed by atoms with van der Waals surface area (Å²) in [7, 11) is 0. The molecule has 1 heterocycles. The van der Waals surface area contributed by atoms with E-state index in [1.54, 1.807) is 0 Å². The molecule has 1 fully saturated rings. The van der Waals surface area contributed by atoms with Gasteiger partial charge in [0.25, 0.3) is 0 Å². The van der Waals surface area contributed by atoms with Gasteiger partial charge in [0.15, 0.2) is 0 Å². The molecule has 0 bridgehead atoms. The molecule has 0 amide bonds. The molecule has 0 radical (unpaired) electrons. The number of nitrogens with zero attached hydrogens (tertiary/aromatic N) is 1. The van der Waals surface area contributed by atoms with E-state index in [1.807, 2.05) is 0 Å². The third-order valence-corrected chi connectivity index (χ3v) is 3.76. The summed E-state index contributed by atoms with van der Waals surface area (Å²) >= 11 is 0. The molecule has 0 saturated carbocycles. The fourth-order valence-electron chi connectivity index (χ4n) is 2.88. The van der Waals surface area contributed by atoms with Crippen LogP contribution in [0.3, 0.4) is 0 Å². The minimum absolute atomic E-state index is 0.206. The van der Waals surface area contributed by atoms with Gasteiger partial charge in [0.1, 0.15) is 0 Å². The third kappa shape index (κ3) is 2.70. The van der Waals surface area contributed by atoms with E-state index in [2.05, 4.69) is 68.2 Å². The Kier molecular flexibility index (Phi) is 3.28. The molecule has 1 aliphatic heterocycles. The molecular formula is C15H24N2. The lowest BCUT2D eigenvalue weighted by Crippen LogP contribution is -2.67. The maximum atomic E-state index is 3.54. The standard InChI is InChI=1S/C15H24N2/c1-14(2)11-16-12-15(3,4)17(14)10-13-8-6-5-7-9-13/h5-9,16H,10-12H2,1-4H3. The van der Waals surface area contributed by atoms with Crippen molar-refractivity contribution in [2.45, 2.75) is 45.3 Å². The zero-order valence-corrected chi connectivity index (χ0v) is 11.5. The predicted molar refractivity (Wildman–Crippen MR) is 73.0 cm³/mol. The van der Waals surface area contributed by atoms with Crippen LogP contribution in [0.5, 0.6) is 0 Å². The molecule has 0 atom stereocenters. The van der Waals surface area contributed by atoms with Gasteiger partial charge in [-0.15, -0.1) is 0 Å². The van der Waals surface area contributed by atoms with E-state index in [0.29, 0.717) is 0 Å². The van der Waals surface area contributed by atoms with Crippen molar-refractivity contribution in [3.05, 3.63) is 35.9 Å². The highest BCUT2D eigenvalue weighted by Gasteiger charge is 2.40. The van der Waals surface area contributed by atoms with Crippen molar-refractivity contribution in [2.24, 2.45) is 0 Å². The van der Waals surface area contributed by atoms with Crippen LogP contribution >= 0.6 is 0 Å². The molecule has 2 rings (SSSR count). The summed E-state index contributed by atoms with van der Waals surface area (Å²) < 4.78 is 0. The van der Waals surface area contributed by atoms with Gasteiger partial charge in [-0.3, -0.25) is 4.90 Å². The molecule has 2 heteroatoms. The SMILES string of the molecule is CC1(C)CNCC(C)(C)N1Cc1ccccc1. The maximum Gasteiger partial charge on any atom is 0.0287 e. The average molecular weight is 232 g/mol. The molecule has 2 nitrogen and oxygen atoms in total. The maximum absolute atomic E-state index is 3.54. The van der Waals surface area contributed by atoms with Gasteiger partial charge in [-0.1, -0.05) is 30.3 Å². The topological polar surface area (TPSA) is 15.3 Å². The Morgan fingerprint density at radius 1 is 1.00 bits per heavy atom. The third-order valence-electron chi connectivity index (χ3n) is 3.76. The first kappa shape index (κ1) is 12.6. The molecular weight excluding hydrogens is 208 g/mol. The van der Waals surface area contributed by atoms with Crippen LogP contribution in [0.4, 0.5) is 0 Å². The van der Waals surface area contributed by atoms with E-state index in [-0.39, 0.29) is 11.1 Å². The summed E-state index contributed by atoms with van der Waals surface area (Å²) in [5.74, 6) is 0. The molecule has 1 N–H and O–H groups in total. The lowest BCUT2D eigenvalue weighted by Gasteiger charge is -2.53. The molecule has 0 spiro atoms. The Labute approximate surface area is 105 Å². The van der Waals surface area contributed by atoms with Crippen molar-refractivity contribution in [2.75, 3.05) is 13.1 Å². The summed E-state index contributed by atoms with van der Waals surface area (Å²) in [5.41, 5.74) is 1.81. The number of rotatable bonds is 2. The largest absolute Gasteiger partial charge is 0.313 e. The zero-order valence-electron chi connectivity index (χ0n) is 11.5. The van der Waals surface area contributed by atoms with Crippen LogP contribution in [-0.4, -0.2) is 29.1 Å². The minimum Gasteiger partial charge on any atom is -0.313 e. The number of nitrogens with one attached hydrogen (secondary N) is 1. The molecule has 1 aromatic rings. The zero-order chi connectivity index (χ0) is 12.5. The van der Waals surface area contributed by atoms with Gasteiger partial charge in [-0.05, 0) is 33.3 Å². The summed E-state index contributed by atoms with van der Waals surface area (Å²) in [5, 5.41) is 3.54. The van der Waals surface area contributed by atoms with Gasteiger partial charge in [0.2, 0.25) is 0 Å². The highest BCUT2D eigenvalue weighted by molar-refractivity contribution is 5.16. The van der Waals surface area contributed by atoms with Crippen LogP contribution in [0.25, 0.3) is 0 Å². The van der Waals surface area contributed by atoms with Gasteiger partial charge in [0.05, 0.1) is 0 Å². The fraction of sp³-hybridized carbons (Fsp3) is 0.600. The van der Waals surface area contributed by atoms with Gasteiger partial charge in [-0.25, -0.2) is 0 Å². The van der Waals surface area contributed by atoms with Crippen molar-refractivity contribution in [3.63, 3.8) is 0 Å². The van der Waals surface area contributed by atoms with Crippen molar-refractivity contribution in [1.82, 2.24) is 10.2 Å². The van der Waals surface area contributed by atoms with Crippen LogP contribution in [-0.2, 0) is 6.54 Å². The molecule has 94 valence electrons. The molecule has 1 aromatic carbocycles. The number of piperazine rings is 1. The second-order valence-corrected chi connectivity index (χ2v) is 6.30. The molecule has 0 aliphatic carbocycles. The van der Waals surface area contributed by atoms with Crippen molar-refractivity contribution in [3.8, 4) is 0 Å². The first-order chi connectivity index (χ1) is 7.92. The quantitative estimate of drug-likeness (QED) is 0.843. The molecule has 0 unspecified atom stereocenters. The molecule has 0 aromatic heterocycles. The van der Waals surface area contributed by atoms with E-state index in [9.17, 15) is 0 Å². The van der Waals surface area contributed by atoms with Gasteiger partial charge in [-0.2, -0.15) is 0 Å². The van der Waals surface area contributed by atoms with Gasteiger partial charge < -0.3 is 5.32 Å². The van der Waals surface area contributed by atoms with Crippen molar-refractivity contribution < 1.29 is 0 Å². The Bertz CT molecular complexity index is 352. The minimum atomic E-state index is 0.206. The summed E-state index contributed by atoms with van der Waals surface area (Å²) in [6.45, 7) is 12.4. The van der Waals surface area contributed by atoms with Crippen molar-refractivity contribution in [1.29, 1.82) is 0 Å².